The summed E-state index contributed by atoms with van der Waals surface area (Å²) in [4.78, 5) is 15.1. The molecule has 0 spiro atoms. The van der Waals surface area contributed by atoms with Crippen molar-refractivity contribution in [3.63, 3.8) is 0 Å². The van der Waals surface area contributed by atoms with Gasteiger partial charge in [-0.15, -0.1) is 11.3 Å². The van der Waals surface area contributed by atoms with E-state index in [2.05, 4.69) is 31.1 Å². The Morgan fingerprint density at radius 2 is 2.10 bits per heavy atom. The maximum Gasteiger partial charge on any atom is 0.319 e. The summed E-state index contributed by atoms with van der Waals surface area (Å²) in [5.74, 6) is 0.501. The number of hydrogen-bond acceptors (Lipinski definition) is 5. The second kappa shape index (κ2) is 6.17. The van der Waals surface area contributed by atoms with Gasteiger partial charge in [0.2, 0.25) is 0 Å². The third kappa shape index (κ3) is 2.75. The van der Waals surface area contributed by atoms with Gasteiger partial charge in [-0.25, -0.2) is 4.98 Å². The van der Waals surface area contributed by atoms with Gasteiger partial charge in [0, 0.05) is 6.04 Å². The molecule has 0 aliphatic carbocycles. The lowest BCUT2D eigenvalue weighted by Gasteiger charge is -2.23. The molecular formula is C14H19N3O2S. The van der Waals surface area contributed by atoms with Gasteiger partial charge in [-0.1, -0.05) is 26.7 Å². The van der Waals surface area contributed by atoms with Crippen LogP contribution >= 0.6 is 11.3 Å². The van der Waals surface area contributed by atoms with Gasteiger partial charge in [-0.2, -0.15) is 0 Å². The first-order valence-corrected chi connectivity index (χ1v) is 7.73. The van der Waals surface area contributed by atoms with Crippen LogP contribution in [0.3, 0.4) is 0 Å². The molecule has 0 fully saturated rings. The smallest absolute Gasteiger partial charge is 0.319 e. The van der Waals surface area contributed by atoms with Crippen molar-refractivity contribution in [3.05, 3.63) is 27.8 Å². The van der Waals surface area contributed by atoms with Crippen molar-refractivity contribution >= 4 is 32.9 Å². The molecular weight excluding hydrogens is 274 g/mol. The van der Waals surface area contributed by atoms with Gasteiger partial charge in [0.1, 0.15) is 5.69 Å². The van der Waals surface area contributed by atoms with Gasteiger partial charge < -0.3 is 5.32 Å². The van der Waals surface area contributed by atoms with Crippen molar-refractivity contribution in [2.45, 2.75) is 39.7 Å². The molecule has 0 saturated carbocycles. The quantitative estimate of drug-likeness (QED) is 0.631. The molecule has 0 bridgehead atoms. The zero-order valence-corrected chi connectivity index (χ0v) is 12.7. The van der Waals surface area contributed by atoms with Crippen LogP contribution in [0.15, 0.2) is 17.6 Å². The maximum atomic E-state index is 11.4. The summed E-state index contributed by atoms with van der Waals surface area (Å²) in [5, 5.41) is 14.7. The number of hydrogen-bond donors (Lipinski definition) is 1. The summed E-state index contributed by atoms with van der Waals surface area (Å²) < 4.78 is 0.845. The summed E-state index contributed by atoms with van der Waals surface area (Å²) in [6.07, 6.45) is 2.11. The Balaban J connectivity index is 2.38. The second-order valence-corrected chi connectivity index (χ2v) is 5.81. The van der Waals surface area contributed by atoms with Crippen molar-refractivity contribution in [3.8, 4) is 0 Å². The van der Waals surface area contributed by atoms with E-state index in [1.165, 1.54) is 11.3 Å². The summed E-state index contributed by atoms with van der Waals surface area (Å²) in [6.45, 7) is 6.36. The largest absolute Gasteiger partial charge is 0.377 e. The number of rotatable bonds is 6. The Morgan fingerprint density at radius 3 is 2.70 bits per heavy atom. The lowest BCUT2D eigenvalue weighted by atomic mass is 9.95. The number of nitrogens with one attached hydrogen (secondary N) is 1. The molecule has 0 amide bonds. The molecule has 0 aliphatic heterocycles. The van der Waals surface area contributed by atoms with E-state index in [1.54, 1.807) is 11.6 Å². The fraction of sp³-hybridized carbons (Fsp3) is 0.500. The molecule has 1 heterocycles. The summed E-state index contributed by atoms with van der Waals surface area (Å²) >= 11 is 1.42. The third-order valence-corrected chi connectivity index (χ3v) is 4.59. The third-order valence-electron chi connectivity index (χ3n) is 3.80. The van der Waals surface area contributed by atoms with E-state index in [0.717, 1.165) is 17.5 Å². The highest BCUT2D eigenvalue weighted by molar-refractivity contribution is 7.16. The number of benzene rings is 1. The van der Waals surface area contributed by atoms with Crippen molar-refractivity contribution in [2.75, 3.05) is 5.32 Å². The zero-order valence-electron chi connectivity index (χ0n) is 11.9. The second-order valence-electron chi connectivity index (χ2n) is 4.93. The SMILES string of the molecule is CCC(CC)C(C)Nc1ccc2scnc2c1[N+](=O)[O-]. The first-order chi connectivity index (χ1) is 9.58. The topological polar surface area (TPSA) is 68.1 Å². The fourth-order valence-corrected chi connectivity index (χ4v) is 3.26. The molecule has 0 aliphatic rings. The van der Waals surface area contributed by atoms with Gasteiger partial charge in [-0.05, 0) is 25.0 Å². The number of aromatic nitrogens is 1. The Kier molecular flexibility index (Phi) is 4.54. The Morgan fingerprint density at radius 1 is 1.40 bits per heavy atom. The first kappa shape index (κ1) is 14.7. The molecule has 1 aromatic carbocycles. The number of nitro benzene ring substituents is 1. The van der Waals surface area contributed by atoms with Crippen LogP contribution in [0.25, 0.3) is 10.2 Å². The van der Waals surface area contributed by atoms with E-state index in [0.29, 0.717) is 17.1 Å². The van der Waals surface area contributed by atoms with Crippen LogP contribution in [0, 0.1) is 16.0 Å². The average Bonchev–Trinajstić information content (AvgIpc) is 2.87. The monoisotopic (exact) mass is 293 g/mol. The molecule has 20 heavy (non-hydrogen) atoms. The van der Waals surface area contributed by atoms with E-state index < -0.39 is 0 Å². The molecule has 1 unspecified atom stereocenters. The predicted octanol–water partition coefficient (Wildman–Crippen LogP) is 4.44. The zero-order chi connectivity index (χ0) is 14.7. The Bertz CT molecular complexity index is 607. The van der Waals surface area contributed by atoms with Crippen LogP contribution < -0.4 is 5.32 Å². The lowest BCUT2D eigenvalue weighted by molar-refractivity contribution is -0.382. The van der Waals surface area contributed by atoms with Gasteiger partial charge in [0.05, 0.1) is 15.1 Å². The van der Waals surface area contributed by atoms with Gasteiger partial charge in [0.25, 0.3) is 0 Å². The van der Waals surface area contributed by atoms with Gasteiger partial charge in [0.15, 0.2) is 5.52 Å². The molecule has 2 aromatic rings. The number of nitro groups is 1. The maximum absolute atomic E-state index is 11.4. The fourth-order valence-electron chi connectivity index (χ4n) is 2.58. The highest BCUT2D eigenvalue weighted by Gasteiger charge is 2.23. The Hall–Kier alpha value is -1.69. The van der Waals surface area contributed by atoms with Gasteiger partial charge in [-0.3, -0.25) is 10.1 Å². The predicted molar refractivity (Wildman–Crippen MR) is 83.4 cm³/mol. The van der Waals surface area contributed by atoms with Crippen LogP contribution in [-0.2, 0) is 0 Å². The van der Waals surface area contributed by atoms with Crippen molar-refractivity contribution in [2.24, 2.45) is 5.92 Å². The molecule has 1 atom stereocenters. The van der Waals surface area contributed by atoms with E-state index in [1.807, 2.05) is 6.07 Å². The minimum Gasteiger partial charge on any atom is -0.377 e. The standard InChI is InChI=1S/C14H19N3O2S/c1-4-10(5-2)9(3)16-11-6-7-12-13(15-8-20-12)14(11)17(18)19/h6-10,16H,4-5H2,1-3H3. The lowest BCUT2D eigenvalue weighted by Crippen LogP contribution is -2.25. The van der Waals surface area contributed by atoms with Crippen molar-refractivity contribution in [1.82, 2.24) is 4.98 Å². The number of anilines is 1. The molecule has 108 valence electrons. The summed E-state index contributed by atoms with van der Waals surface area (Å²) in [7, 11) is 0. The van der Waals surface area contributed by atoms with E-state index in [9.17, 15) is 10.1 Å². The van der Waals surface area contributed by atoms with Crippen LogP contribution in [0.5, 0.6) is 0 Å². The minimum atomic E-state index is -0.343. The van der Waals surface area contributed by atoms with Crippen LogP contribution in [0.4, 0.5) is 11.4 Å². The van der Waals surface area contributed by atoms with Crippen molar-refractivity contribution < 1.29 is 4.92 Å². The molecule has 5 nitrogen and oxygen atoms in total. The van der Waals surface area contributed by atoms with E-state index >= 15 is 0 Å². The number of nitrogens with zero attached hydrogens (tertiary/aromatic N) is 2. The molecule has 1 aromatic heterocycles. The van der Waals surface area contributed by atoms with Crippen LogP contribution in [-0.4, -0.2) is 15.9 Å². The summed E-state index contributed by atoms with van der Waals surface area (Å²) in [5.41, 5.74) is 2.77. The molecule has 2 rings (SSSR count). The van der Waals surface area contributed by atoms with Crippen LogP contribution in [0.1, 0.15) is 33.6 Å². The van der Waals surface area contributed by atoms with Crippen LogP contribution in [0.2, 0.25) is 0 Å². The van der Waals surface area contributed by atoms with Gasteiger partial charge >= 0.3 is 5.69 Å². The first-order valence-electron chi connectivity index (χ1n) is 6.85. The van der Waals surface area contributed by atoms with E-state index in [4.69, 9.17) is 0 Å². The normalized spacial score (nSPS) is 12.8. The highest BCUT2D eigenvalue weighted by atomic mass is 32.1. The summed E-state index contributed by atoms with van der Waals surface area (Å²) in [6, 6.07) is 3.87. The molecule has 1 N–H and O–H groups in total. The number of fused-ring (bicyclic) bond motifs is 1. The number of thiazole rings is 1. The average molecular weight is 293 g/mol. The highest BCUT2D eigenvalue weighted by Crippen LogP contribution is 2.35. The minimum absolute atomic E-state index is 0.0848. The van der Waals surface area contributed by atoms with E-state index in [-0.39, 0.29) is 16.7 Å². The Labute approximate surface area is 122 Å². The molecule has 6 heteroatoms. The molecule has 0 radical (unpaired) electrons. The van der Waals surface area contributed by atoms with Crippen molar-refractivity contribution in [1.29, 1.82) is 0 Å². The molecule has 0 saturated heterocycles.